The first-order valence-electron chi connectivity index (χ1n) is 6.40. The lowest BCUT2D eigenvalue weighted by molar-refractivity contribution is -0.128. The molecule has 0 saturated carbocycles. The highest BCUT2D eigenvalue weighted by Gasteiger charge is 2.36. The maximum absolute atomic E-state index is 11.9. The summed E-state index contributed by atoms with van der Waals surface area (Å²) < 4.78 is 1.62. The molecule has 1 atom stereocenters. The van der Waals surface area contributed by atoms with Crippen LogP contribution in [0.25, 0.3) is 0 Å². The first-order valence-corrected chi connectivity index (χ1v) is 6.40. The minimum atomic E-state index is -0.405. The van der Waals surface area contributed by atoms with Gasteiger partial charge in [-0.3, -0.25) is 14.3 Å². The zero-order chi connectivity index (χ0) is 13.9. The molecule has 0 radical (unpaired) electrons. The number of hydrogen-bond donors (Lipinski definition) is 2. The first kappa shape index (κ1) is 13.5. The molecule has 1 aromatic heterocycles. The fourth-order valence-electron chi connectivity index (χ4n) is 2.23. The lowest BCUT2D eigenvalue weighted by Gasteiger charge is -2.39. The molecule has 0 bridgehead atoms. The Morgan fingerprint density at radius 1 is 1.63 bits per heavy atom. The van der Waals surface area contributed by atoms with Gasteiger partial charge in [-0.05, 0) is 20.3 Å². The van der Waals surface area contributed by atoms with Gasteiger partial charge < -0.3 is 10.6 Å². The Morgan fingerprint density at radius 2 is 2.42 bits per heavy atom. The molecule has 1 aliphatic rings. The molecule has 104 valence electrons. The predicted octanol–water partition coefficient (Wildman–Crippen LogP) is -0.158. The highest BCUT2D eigenvalue weighted by molar-refractivity contribution is 5.80. The summed E-state index contributed by atoms with van der Waals surface area (Å²) in [5.74, 6) is 0.00263. The van der Waals surface area contributed by atoms with Gasteiger partial charge in [0.1, 0.15) is 12.7 Å². The van der Waals surface area contributed by atoms with Gasteiger partial charge in [0.25, 0.3) is 0 Å². The number of carbonyl (C=O) groups is 2. The van der Waals surface area contributed by atoms with Gasteiger partial charge in [0, 0.05) is 12.8 Å². The molecule has 0 aliphatic carbocycles. The zero-order valence-corrected chi connectivity index (χ0v) is 11.2. The summed E-state index contributed by atoms with van der Waals surface area (Å²) in [6.07, 6.45) is 4.50. The summed E-state index contributed by atoms with van der Waals surface area (Å²) in [6.45, 7) is 4.35. The van der Waals surface area contributed by atoms with E-state index in [1.807, 2.05) is 13.8 Å². The molecule has 1 saturated heterocycles. The fourth-order valence-corrected chi connectivity index (χ4v) is 2.23. The van der Waals surface area contributed by atoms with E-state index in [0.29, 0.717) is 25.8 Å². The van der Waals surface area contributed by atoms with Crippen molar-refractivity contribution in [2.45, 2.75) is 51.2 Å². The van der Waals surface area contributed by atoms with E-state index in [9.17, 15) is 9.59 Å². The molecule has 1 aromatic rings. The molecule has 7 heteroatoms. The van der Waals surface area contributed by atoms with Gasteiger partial charge in [0.05, 0.1) is 18.1 Å². The van der Waals surface area contributed by atoms with Crippen molar-refractivity contribution in [1.29, 1.82) is 0 Å². The molecule has 0 aromatic carbocycles. The van der Waals surface area contributed by atoms with Crippen LogP contribution in [-0.2, 0) is 16.1 Å². The van der Waals surface area contributed by atoms with Crippen molar-refractivity contribution in [1.82, 2.24) is 25.4 Å². The van der Waals surface area contributed by atoms with E-state index in [2.05, 4.69) is 20.7 Å². The van der Waals surface area contributed by atoms with Crippen LogP contribution in [0.1, 0.15) is 33.1 Å². The van der Waals surface area contributed by atoms with Gasteiger partial charge in [-0.1, -0.05) is 0 Å². The second-order valence-corrected chi connectivity index (χ2v) is 5.34. The van der Waals surface area contributed by atoms with Crippen LogP contribution in [0.3, 0.4) is 0 Å². The van der Waals surface area contributed by atoms with E-state index in [-0.39, 0.29) is 17.9 Å². The topological polar surface area (TPSA) is 88.9 Å². The van der Waals surface area contributed by atoms with Crippen LogP contribution in [0.5, 0.6) is 0 Å². The average Bonchev–Trinajstić information content (AvgIpc) is 2.82. The second-order valence-electron chi connectivity index (χ2n) is 5.34. The number of piperidine rings is 1. The van der Waals surface area contributed by atoms with E-state index in [0.717, 1.165) is 0 Å². The molecule has 1 fully saturated rings. The normalized spacial score (nSPS) is 21.8. The molecule has 2 heterocycles. The van der Waals surface area contributed by atoms with Crippen molar-refractivity contribution in [3.8, 4) is 0 Å². The Balaban J connectivity index is 1.83. The number of nitrogens with zero attached hydrogens (tertiary/aromatic N) is 3. The summed E-state index contributed by atoms with van der Waals surface area (Å²) >= 11 is 0. The number of hydrogen-bond acceptors (Lipinski definition) is 4. The summed E-state index contributed by atoms with van der Waals surface area (Å²) in [5, 5.41) is 9.82. The third kappa shape index (κ3) is 3.52. The van der Waals surface area contributed by atoms with Crippen molar-refractivity contribution in [2.24, 2.45) is 0 Å². The fraction of sp³-hybridized carbons (Fsp3) is 0.667. The van der Waals surface area contributed by atoms with E-state index in [1.54, 1.807) is 11.0 Å². The lowest BCUT2D eigenvalue weighted by Crippen LogP contribution is -2.62. The van der Waals surface area contributed by atoms with Crippen LogP contribution in [0.2, 0.25) is 0 Å². The Kier molecular flexibility index (Phi) is 3.82. The molecular formula is C12H19N5O2. The monoisotopic (exact) mass is 265 g/mol. The number of aromatic nitrogens is 3. The van der Waals surface area contributed by atoms with Crippen molar-refractivity contribution >= 4 is 11.8 Å². The molecule has 0 spiro atoms. The molecule has 1 aliphatic heterocycles. The van der Waals surface area contributed by atoms with E-state index in [1.165, 1.54) is 6.33 Å². The quantitative estimate of drug-likeness (QED) is 0.792. The maximum atomic E-state index is 11.9. The molecular weight excluding hydrogens is 246 g/mol. The van der Waals surface area contributed by atoms with Crippen LogP contribution >= 0.6 is 0 Å². The Labute approximate surface area is 111 Å². The van der Waals surface area contributed by atoms with Crippen molar-refractivity contribution in [3.05, 3.63) is 12.7 Å². The van der Waals surface area contributed by atoms with E-state index >= 15 is 0 Å². The molecule has 2 N–H and O–H groups in total. The first-order chi connectivity index (χ1) is 8.97. The minimum Gasteiger partial charge on any atom is -0.351 e. The van der Waals surface area contributed by atoms with Crippen molar-refractivity contribution in [2.75, 3.05) is 0 Å². The molecule has 1 unspecified atom stereocenters. The highest BCUT2D eigenvalue weighted by atomic mass is 16.2. The highest BCUT2D eigenvalue weighted by Crippen LogP contribution is 2.19. The second kappa shape index (κ2) is 5.38. The number of amides is 2. The number of aryl methyl sites for hydroxylation is 1. The van der Waals surface area contributed by atoms with Gasteiger partial charge in [-0.25, -0.2) is 4.98 Å². The summed E-state index contributed by atoms with van der Waals surface area (Å²) in [5.41, 5.74) is -0.405. The third-order valence-corrected chi connectivity index (χ3v) is 3.36. The van der Waals surface area contributed by atoms with Crippen LogP contribution in [-0.4, -0.2) is 38.2 Å². The van der Waals surface area contributed by atoms with Crippen LogP contribution in [0.4, 0.5) is 0 Å². The number of carbonyl (C=O) groups excluding carboxylic acids is 2. The summed E-state index contributed by atoms with van der Waals surface area (Å²) in [7, 11) is 0. The number of nitrogens with one attached hydrogen (secondary N) is 2. The lowest BCUT2D eigenvalue weighted by atomic mass is 9.87. The van der Waals surface area contributed by atoms with E-state index in [4.69, 9.17) is 0 Å². The molecule has 7 nitrogen and oxygen atoms in total. The standard InChI is InChI=1S/C12H19N5O2/c1-12(2)9(3-4-11(19)16-12)15-10(18)5-6-17-8-13-7-14-17/h7-9H,3-6H2,1-2H3,(H,15,18)(H,16,19). The SMILES string of the molecule is CC1(C)NC(=O)CCC1NC(=O)CCn1cncn1. The van der Waals surface area contributed by atoms with Crippen molar-refractivity contribution in [3.63, 3.8) is 0 Å². The predicted molar refractivity (Wildman–Crippen MR) is 68.0 cm³/mol. The summed E-state index contributed by atoms with van der Waals surface area (Å²) in [4.78, 5) is 27.1. The molecule has 2 amide bonds. The smallest absolute Gasteiger partial charge is 0.222 e. The minimum absolute atomic E-state index is 0.0338. The van der Waals surface area contributed by atoms with Gasteiger partial charge in [0.15, 0.2) is 0 Å². The number of rotatable bonds is 4. The molecule has 19 heavy (non-hydrogen) atoms. The zero-order valence-electron chi connectivity index (χ0n) is 11.2. The third-order valence-electron chi connectivity index (χ3n) is 3.36. The van der Waals surface area contributed by atoms with Crippen molar-refractivity contribution < 1.29 is 9.59 Å². The van der Waals surface area contributed by atoms with Crippen LogP contribution in [0, 0.1) is 0 Å². The van der Waals surface area contributed by atoms with Crippen LogP contribution < -0.4 is 10.6 Å². The van der Waals surface area contributed by atoms with Gasteiger partial charge >= 0.3 is 0 Å². The summed E-state index contributed by atoms with van der Waals surface area (Å²) in [6, 6.07) is -0.0338. The Bertz CT molecular complexity index is 455. The average molecular weight is 265 g/mol. The van der Waals surface area contributed by atoms with Crippen LogP contribution in [0.15, 0.2) is 12.7 Å². The van der Waals surface area contributed by atoms with E-state index < -0.39 is 5.54 Å². The Morgan fingerprint density at radius 3 is 3.05 bits per heavy atom. The van der Waals surface area contributed by atoms with Gasteiger partial charge in [0.2, 0.25) is 11.8 Å². The largest absolute Gasteiger partial charge is 0.351 e. The Hall–Kier alpha value is -1.92. The molecule has 2 rings (SSSR count). The maximum Gasteiger partial charge on any atom is 0.222 e. The van der Waals surface area contributed by atoms with Gasteiger partial charge in [-0.2, -0.15) is 5.10 Å². The van der Waals surface area contributed by atoms with Gasteiger partial charge in [-0.15, -0.1) is 0 Å².